The lowest BCUT2D eigenvalue weighted by atomic mass is 9.69. The highest BCUT2D eigenvalue weighted by Gasteiger charge is 2.51. The van der Waals surface area contributed by atoms with Gasteiger partial charge >= 0.3 is 0 Å². The minimum atomic E-state index is -0.615. The van der Waals surface area contributed by atoms with Crippen LogP contribution in [0.25, 0.3) is 0 Å². The number of nitrogens with one attached hydrogen (secondary N) is 1. The highest BCUT2D eigenvalue weighted by atomic mass is 16.5. The van der Waals surface area contributed by atoms with Gasteiger partial charge in [0.2, 0.25) is 11.8 Å². The van der Waals surface area contributed by atoms with Gasteiger partial charge in [-0.2, -0.15) is 0 Å². The summed E-state index contributed by atoms with van der Waals surface area (Å²) in [5, 5.41) is 12.6. The molecule has 2 N–H and O–H groups in total. The Morgan fingerprint density at radius 1 is 0.845 bits per heavy atom. The Balaban J connectivity index is 0.704. The van der Waals surface area contributed by atoms with Crippen LogP contribution < -0.4 is 15.0 Å². The van der Waals surface area contributed by atoms with E-state index in [9.17, 15) is 19.5 Å². The number of fused-ring (bicyclic) bond motifs is 4. The van der Waals surface area contributed by atoms with Crippen LogP contribution >= 0.6 is 0 Å². The second-order valence-corrected chi connectivity index (χ2v) is 18.2. The number of ether oxygens (including phenoxy) is 2. The van der Waals surface area contributed by atoms with Crippen molar-refractivity contribution in [2.24, 2.45) is 5.92 Å². The molecule has 11 rings (SSSR count). The molecule has 3 amide bonds. The van der Waals surface area contributed by atoms with Gasteiger partial charge in [-0.05, 0) is 128 Å². The molecule has 1 aliphatic carbocycles. The normalized spacial score (nSPS) is 26.9. The third-order valence-electron chi connectivity index (χ3n) is 14.7. The maximum Gasteiger partial charge on any atom is 0.255 e. The third-order valence-corrected chi connectivity index (χ3v) is 14.7. The van der Waals surface area contributed by atoms with Gasteiger partial charge in [0.15, 0.2) is 0 Å². The molecular formula is C48H50N4O6. The van der Waals surface area contributed by atoms with Crippen LogP contribution in [0.2, 0.25) is 0 Å². The molecule has 4 aromatic rings. The summed E-state index contributed by atoms with van der Waals surface area (Å²) in [5.41, 5.74) is 9.16. The molecule has 2 spiro atoms. The SMILES string of the molecule is O=C1CC[C@H](N2Cc3cc4c(cc3C2=O)OCC42CCN(C[C@H]3COC4(C3)CN(c3ccc([C@@H]5c6ccc(O)cc6CC[C@@H]5c5ccccc5)cc3)C4)CC2)C(=O)N1. The van der Waals surface area contributed by atoms with E-state index in [0.717, 1.165) is 82.7 Å². The minimum absolute atomic E-state index is 0.0603. The lowest BCUT2D eigenvalue weighted by Crippen LogP contribution is -2.61. The first-order valence-corrected chi connectivity index (χ1v) is 21.3. The van der Waals surface area contributed by atoms with Crippen molar-refractivity contribution < 1.29 is 29.0 Å². The summed E-state index contributed by atoms with van der Waals surface area (Å²) < 4.78 is 12.9. The van der Waals surface area contributed by atoms with Gasteiger partial charge in [-0.15, -0.1) is 0 Å². The molecular weight excluding hydrogens is 729 g/mol. The monoisotopic (exact) mass is 778 g/mol. The smallest absolute Gasteiger partial charge is 0.255 e. The number of phenolic OH excluding ortho intramolecular Hbond substituents is 1. The Hall–Kier alpha value is -5.19. The van der Waals surface area contributed by atoms with E-state index in [2.05, 4.69) is 81.8 Å². The number of rotatable bonds is 6. The molecule has 7 aliphatic rings. The predicted molar refractivity (Wildman–Crippen MR) is 218 cm³/mol. The number of carbonyl (C=O) groups is 3. The molecule has 6 heterocycles. The maximum absolute atomic E-state index is 13.4. The molecule has 4 fully saturated rings. The van der Waals surface area contributed by atoms with Gasteiger partial charge in [-0.1, -0.05) is 48.5 Å². The van der Waals surface area contributed by atoms with Crippen LogP contribution in [0.5, 0.6) is 11.5 Å². The van der Waals surface area contributed by atoms with Gasteiger partial charge in [0.05, 0.1) is 13.2 Å². The van der Waals surface area contributed by atoms with E-state index in [4.69, 9.17) is 9.47 Å². The highest BCUT2D eigenvalue weighted by Crippen LogP contribution is 2.50. The van der Waals surface area contributed by atoms with Crippen molar-refractivity contribution in [2.45, 2.75) is 80.4 Å². The Morgan fingerprint density at radius 3 is 2.45 bits per heavy atom. The quantitative estimate of drug-likeness (QED) is 0.228. The summed E-state index contributed by atoms with van der Waals surface area (Å²) >= 11 is 0. The third kappa shape index (κ3) is 6.01. The lowest BCUT2D eigenvalue weighted by Gasteiger charge is -2.49. The molecule has 10 heteroatoms. The number of imide groups is 1. The van der Waals surface area contributed by atoms with Crippen LogP contribution in [0.1, 0.15) is 94.1 Å². The molecule has 0 aromatic heterocycles. The van der Waals surface area contributed by atoms with Crippen molar-refractivity contribution in [3.05, 3.63) is 124 Å². The summed E-state index contributed by atoms with van der Waals surface area (Å²) in [7, 11) is 0. The number of amides is 3. The standard InChI is InChI=1S/C48H50N4O6/c53-36-11-13-38-33(20-36)8-12-37(31-4-2-1-3-5-31)44(38)32-6-9-35(10-7-32)51-27-48(28-51)23-30(26-58-48)24-50-18-16-47(17-19-50)29-57-42-22-39-34(21-40(42)47)25-52(46(39)56)41-14-15-43(54)49-45(41)55/h1-7,9-11,13,20-22,30,37,41,44,53H,8,12,14-19,23-29H2,(H,49,54,55)/t30-,37+,41-,44-/m0/s1. The zero-order valence-corrected chi connectivity index (χ0v) is 32.8. The number of piperidine rings is 2. The fourth-order valence-corrected chi connectivity index (χ4v) is 11.6. The molecule has 0 saturated carbocycles. The summed E-state index contributed by atoms with van der Waals surface area (Å²) in [4.78, 5) is 44.4. The molecule has 0 bridgehead atoms. The van der Waals surface area contributed by atoms with Crippen molar-refractivity contribution in [1.29, 1.82) is 0 Å². The maximum atomic E-state index is 13.4. The van der Waals surface area contributed by atoms with Crippen LogP contribution in [0, 0.1) is 5.92 Å². The molecule has 58 heavy (non-hydrogen) atoms. The molecule has 4 aromatic carbocycles. The fraction of sp³-hybridized carbons (Fsp3) is 0.438. The van der Waals surface area contributed by atoms with E-state index in [1.54, 1.807) is 4.90 Å². The molecule has 4 saturated heterocycles. The number of carbonyl (C=O) groups excluding carboxylic acids is 3. The lowest BCUT2D eigenvalue weighted by molar-refractivity contribution is -0.136. The van der Waals surface area contributed by atoms with Crippen molar-refractivity contribution >= 4 is 23.4 Å². The Kier molecular flexibility index (Phi) is 8.49. The summed E-state index contributed by atoms with van der Waals surface area (Å²) in [6.45, 7) is 6.73. The zero-order valence-electron chi connectivity index (χ0n) is 32.8. The Labute approximate surface area is 339 Å². The molecule has 4 atom stereocenters. The van der Waals surface area contributed by atoms with Gasteiger partial charge in [-0.3, -0.25) is 19.7 Å². The van der Waals surface area contributed by atoms with Gasteiger partial charge in [0, 0.05) is 60.7 Å². The summed E-state index contributed by atoms with van der Waals surface area (Å²) in [6, 6.07) is 29.5. The van der Waals surface area contributed by atoms with Crippen molar-refractivity contribution in [3.63, 3.8) is 0 Å². The van der Waals surface area contributed by atoms with Crippen molar-refractivity contribution in [2.75, 3.05) is 50.8 Å². The predicted octanol–water partition coefficient (Wildman–Crippen LogP) is 6.04. The number of anilines is 1. The van der Waals surface area contributed by atoms with Crippen LogP contribution in [0.3, 0.4) is 0 Å². The van der Waals surface area contributed by atoms with Crippen molar-refractivity contribution in [1.82, 2.24) is 15.1 Å². The average Bonchev–Trinajstić information content (AvgIpc) is 3.91. The van der Waals surface area contributed by atoms with E-state index < -0.39 is 6.04 Å². The first-order valence-electron chi connectivity index (χ1n) is 21.3. The van der Waals surface area contributed by atoms with Crippen molar-refractivity contribution in [3.8, 4) is 11.5 Å². The largest absolute Gasteiger partial charge is 0.508 e. The zero-order chi connectivity index (χ0) is 39.2. The second kappa shape index (κ2) is 13.7. The number of hydrogen-bond donors (Lipinski definition) is 2. The number of aromatic hydroxyl groups is 1. The van der Waals surface area contributed by atoms with Gasteiger partial charge in [-0.25, -0.2) is 0 Å². The summed E-state index contributed by atoms with van der Waals surface area (Å²) in [5.74, 6) is 1.48. The van der Waals surface area contributed by atoms with Crippen LogP contribution in [-0.4, -0.2) is 90.2 Å². The number of phenols is 1. The number of hydrogen-bond acceptors (Lipinski definition) is 8. The Bertz CT molecular complexity index is 2300. The van der Waals surface area contributed by atoms with E-state index in [1.807, 2.05) is 18.2 Å². The van der Waals surface area contributed by atoms with Crippen LogP contribution in [-0.2, 0) is 32.7 Å². The van der Waals surface area contributed by atoms with Crippen LogP contribution in [0.15, 0.2) is 84.9 Å². The van der Waals surface area contributed by atoms with E-state index in [-0.39, 0.29) is 41.1 Å². The van der Waals surface area contributed by atoms with E-state index >= 15 is 0 Å². The molecule has 298 valence electrons. The van der Waals surface area contributed by atoms with Gasteiger partial charge in [0.25, 0.3) is 5.91 Å². The first kappa shape index (κ1) is 35.9. The number of likely N-dealkylation sites (tertiary alicyclic amines) is 1. The van der Waals surface area contributed by atoms with E-state index in [0.29, 0.717) is 42.7 Å². The number of nitrogens with zero attached hydrogens (tertiary/aromatic N) is 3. The number of aryl methyl sites for hydroxylation is 1. The molecule has 10 nitrogen and oxygen atoms in total. The van der Waals surface area contributed by atoms with E-state index in [1.165, 1.54) is 33.5 Å². The summed E-state index contributed by atoms with van der Waals surface area (Å²) in [6.07, 6.45) is 5.74. The topological polar surface area (TPSA) is 112 Å². The first-order chi connectivity index (χ1) is 28.2. The molecule has 0 unspecified atom stereocenters. The van der Waals surface area contributed by atoms with Gasteiger partial charge in [0.1, 0.15) is 23.1 Å². The second-order valence-electron chi connectivity index (χ2n) is 18.2. The fourth-order valence-electron chi connectivity index (χ4n) is 11.6. The molecule has 0 radical (unpaired) electrons. The van der Waals surface area contributed by atoms with Gasteiger partial charge < -0.3 is 29.3 Å². The Morgan fingerprint density at radius 2 is 1.66 bits per heavy atom. The average molecular weight is 779 g/mol. The minimum Gasteiger partial charge on any atom is -0.508 e. The molecule has 6 aliphatic heterocycles. The number of benzene rings is 4. The van der Waals surface area contributed by atoms with Crippen LogP contribution in [0.4, 0.5) is 5.69 Å². The highest BCUT2D eigenvalue weighted by molar-refractivity contribution is 6.05.